The normalized spacial score (nSPS) is 17.3. The van der Waals surface area contributed by atoms with E-state index < -0.39 is 34.8 Å². The van der Waals surface area contributed by atoms with Crippen molar-refractivity contribution >= 4 is 24.1 Å². The first kappa shape index (κ1) is 43.2. The van der Waals surface area contributed by atoms with Crippen molar-refractivity contribution in [1.29, 1.82) is 0 Å². The molecule has 0 saturated carbocycles. The zero-order valence-electron chi connectivity index (χ0n) is 31.3. The minimum absolute atomic E-state index is 0.787. The predicted octanol–water partition coefficient (Wildman–Crippen LogP) is 13.7. The molecule has 0 unspecified atom stereocenters. The molecular weight excluding hydrogens is 615 g/mol. The Balaban J connectivity index is 9.25. The van der Waals surface area contributed by atoms with E-state index in [4.69, 9.17) is 0 Å². The SMILES string of the molecule is CCC[PH](CCC)(CCC)[Ni]([PH](CCC)(CCC)CCC)([PH](CCC)(CCC)CCC)[PH](CCC)(CCC)CCC. The molecule has 0 aliphatic rings. The summed E-state index contributed by atoms with van der Waals surface area (Å²) < 4.78 is 0. The molecule has 0 aromatic heterocycles. The molecule has 0 radical (unpaired) electrons. The van der Waals surface area contributed by atoms with E-state index in [9.17, 15) is 0 Å². The maximum absolute atomic E-state index is 2.65. The average molecular weight is 704 g/mol. The summed E-state index contributed by atoms with van der Waals surface area (Å²) in [7, 11) is -0.787. The van der Waals surface area contributed by atoms with Crippen LogP contribution >= 0.6 is 24.1 Å². The van der Waals surface area contributed by atoms with Gasteiger partial charge in [-0.1, -0.05) is 0 Å². The van der Waals surface area contributed by atoms with E-state index in [1.54, 1.807) is 73.9 Å². The van der Waals surface area contributed by atoms with Gasteiger partial charge in [-0.05, 0) is 0 Å². The van der Waals surface area contributed by atoms with E-state index in [0.717, 1.165) is 0 Å². The van der Waals surface area contributed by atoms with Gasteiger partial charge in [-0.2, -0.15) is 0 Å². The molecule has 0 aliphatic heterocycles. The van der Waals surface area contributed by atoms with Gasteiger partial charge in [0.2, 0.25) is 0 Å². The molecular formula is C36H88NiP4. The van der Waals surface area contributed by atoms with Gasteiger partial charge in [-0.25, -0.2) is 0 Å². The molecule has 5 heteroatoms. The van der Waals surface area contributed by atoms with E-state index in [2.05, 4.69) is 83.1 Å². The molecule has 41 heavy (non-hydrogen) atoms. The van der Waals surface area contributed by atoms with Crippen LogP contribution in [0.1, 0.15) is 160 Å². The molecule has 0 N–H and O–H groups in total. The third-order valence-electron chi connectivity index (χ3n) is 10.2. The summed E-state index contributed by atoms with van der Waals surface area (Å²) in [5, 5.41) is 0. The van der Waals surface area contributed by atoms with Crippen LogP contribution in [0.2, 0.25) is 0 Å². The van der Waals surface area contributed by atoms with Crippen molar-refractivity contribution in [2.24, 2.45) is 0 Å². The molecule has 262 valence electrons. The Kier molecular flexibility index (Phi) is 23.9. The molecule has 0 aromatic carbocycles. The Morgan fingerprint density at radius 2 is 0.317 bits per heavy atom. The standard InChI is InChI=1S/4C9H21P.Ni/c4*1-4-7-10(8-5-2)9-6-3;/h4*4-9H2,1-3H3;/q;;;;-4/p+4. The Morgan fingerprint density at radius 3 is 0.390 bits per heavy atom. The maximum atomic E-state index is 2.65. The van der Waals surface area contributed by atoms with Gasteiger partial charge < -0.3 is 0 Å². The van der Waals surface area contributed by atoms with Crippen molar-refractivity contribution in [2.45, 2.75) is 160 Å². The van der Waals surface area contributed by atoms with Gasteiger partial charge in [0.05, 0.1) is 0 Å². The summed E-state index contributed by atoms with van der Waals surface area (Å²) in [6.45, 7) is 31.8. The van der Waals surface area contributed by atoms with Crippen LogP contribution in [0.15, 0.2) is 0 Å². The van der Waals surface area contributed by atoms with Crippen molar-refractivity contribution in [3.63, 3.8) is 0 Å². The Hall–Kier alpha value is 2.21. The first-order valence-electron chi connectivity index (χ1n) is 19.4. The molecule has 0 bridgehead atoms. The van der Waals surface area contributed by atoms with Crippen molar-refractivity contribution < 1.29 is 10.7 Å². The van der Waals surface area contributed by atoms with E-state index in [1.807, 2.05) is 0 Å². The van der Waals surface area contributed by atoms with Crippen molar-refractivity contribution in [3.8, 4) is 0 Å². The number of rotatable bonds is 28. The monoisotopic (exact) mass is 703 g/mol. The Labute approximate surface area is 267 Å². The molecule has 0 fully saturated rings. The summed E-state index contributed by atoms with van der Waals surface area (Å²) in [6, 6.07) is -6.15. The van der Waals surface area contributed by atoms with Gasteiger partial charge in [0.25, 0.3) is 0 Å². The zero-order valence-corrected chi connectivity index (χ0v) is 36.3. The van der Waals surface area contributed by atoms with E-state index in [0.29, 0.717) is 0 Å². The summed E-state index contributed by atoms with van der Waals surface area (Å²) in [6.07, 6.45) is 38.8. The summed E-state index contributed by atoms with van der Waals surface area (Å²) in [5.74, 6) is 0. The van der Waals surface area contributed by atoms with Crippen LogP contribution in [0.5, 0.6) is 0 Å². The van der Waals surface area contributed by atoms with Gasteiger partial charge in [0.15, 0.2) is 0 Å². The van der Waals surface area contributed by atoms with Crippen molar-refractivity contribution in [1.82, 2.24) is 0 Å². The third-order valence-corrected chi connectivity index (χ3v) is 108. The molecule has 0 atom stereocenters. The summed E-state index contributed by atoms with van der Waals surface area (Å²) in [4.78, 5) is 0. The predicted molar refractivity (Wildman–Crippen MR) is 215 cm³/mol. The van der Waals surface area contributed by atoms with Crippen LogP contribution in [0.3, 0.4) is 0 Å². The van der Waals surface area contributed by atoms with E-state index in [-0.39, 0.29) is 0 Å². The molecule has 0 amide bonds. The van der Waals surface area contributed by atoms with Crippen LogP contribution < -0.4 is 0 Å². The first-order chi connectivity index (χ1) is 19.7. The molecule has 0 saturated heterocycles. The van der Waals surface area contributed by atoms with E-state index >= 15 is 0 Å². The van der Waals surface area contributed by atoms with E-state index in [1.165, 1.54) is 77.0 Å². The zero-order chi connectivity index (χ0) is 31.5. The minimum atomic E-state index is -1.54. The second kappa shape index (κ2) is 22.7. The molecule has 0 aliphatic carbocycles. The molecule has 0 rings (SSSR count). The van der Waals surface area contributed by atoms with Crippen molar-refractivity contribution in [2.75, 3.05) is 73.9 Å². The van der Waals surface area contributed by atoms with Gasteiger partial charge in [0, 0.05) is 0 Å². The van der Waals surface area contributed by atoms with Gasteiger partial charge in [-0.15, -0.1) is 0 Å². The fourth-order valence-corrected chi connectivity index (χ4v) is 161. The Bertz CT molecular complexity index is 459. The van der Waals surface area contributed by atoms with Gasteiger partial charge >= 0.3 is 269 Å². The Morgan fingerprint density at radius 1 is 0.220 bits per heavy atom. The van der Waals surface area contributed by atoms with Gasteiger partial charge in [0.1, 0.15) is 0 Å². The fourth-order valence-electron chi connectivity index (χ4n) is 10.2. The molecule has 0 aromatic rings. The number of hydrogen-bond donors (Lipinski definition) is 0. The molecule has 0 nitrogen and oxygen atoms in total. The van der Waals surface area contributed by atoms with Crippen molar-refractivity contribution in [3.05, 3.63) is 0 Å². The second-order valence-corrected chi connectivity index (χ2v) is 58.2. The van der Waals surface area contributed by atoms with Crippen LogP contribution in [-0.4, -0.2) is 73.9 Å². The summed E-state index contributed by atoms with van der Waals surface area (Å²) in [5.41, 5.74) is 0. The third kappa shape index (κ3) is 9.18. The van der Waals surface area contributed by atoms with Gasteiger partial charge in [-0.3, -0.25) is 0 Å². The van der Waals surface area contributed by atoms with Crippen LogP contribution in [0.25, 0.3) is 0 Å². The second-order valence-electron chi connectivity index (χ2n) is 13.8. The van der Waals surface area contributed by atoms with Crippen LogP contribution in [0, 0.1) is 0 Å². The number of hydrogen-bond acceptors (Lipinski definition) is 0. The summed E-state index contributed by atoms with van der Waals surface area (Å²) >= 11 is 0. The molecule has 0 heterocycles. The topological polar surface area (TPSA) is 0 Å². The fraction of sp³-hybridized carbons (Fsp3) is 1.00. The quantitative estimate of drug-likeness (QED) is 0.0562. The molecule has 0 spiro atoms. The van der Waals surface area contributed by atoms with Crippen LogP contribution in [-0.2, 0) is 10.7 Å². The average Bonchev–Trinajstić information content (AvgIpc) is 2.91. The van der Waals surface area contributed by atoms with Crippen LogP contribution in [0.4, 0.5) is 0 Å². The first-order valence-corrected chi connectivity index (χ1v) is 35.0.